The maximum absolute atomic E-state index is 14.7. The highest BCUT2D eigenvalue weighted by molar-refractivity contribution is 6.00. The van der Waals surface area contributed by atoms with Gasteiger partial charge in [-0.05, 0) is 119 Å². The van der Waals surface area contributed by atoms with Crippen LogP contribution in [0.5, 0.6) is 0 Å². The average Bonchev–Trinajstić information content (AvgIpc) is 0.855. The molecule has 0 radical (unpaired) electrons. The van der Waals surface area contributed by atoms with Gasteiger partial charge in [0.05, 0.1) is 6.04 Å². The van der Waals surface area contributed by atoms with Gasteiger partial charge in [-0.15, -0.1) is 0 Å². The largest absolute Gasteiger partial charge is 0.370 e. The number of nitrogens with one attached hydrogen (secondary N) is 11. The summed E-state index contributed by atoms with van der Waals surface area (Å²) in [5.74, 6) is -13.3. The lowest BCUT2D eigenvalue weighted by Crippen LogP contribution is -2.62. The van der Waals surface area contributed by atoms with Gasteiger partial charge in [0.25, 0.3) is 0 Å². The summed E-state index contributed by atoms with van der Waals surface area (Å²) >= 11 is 0. The summed E-state index contributed by atoms with van der Waals surface area (Å²) in [5, 5.41) is 29.7. The third-order valence-electron chi connectivity index (χ3n) is 17.4. The molecule has 0 fully saturated rings. The molecule has 14 atom stereocenters. The Hall–Kier alpha value is -10.0. The molecular formula is C67H130N28O12. The van der Waals surface area contributed by atoms with Crippen LogP contribution >= 0.6 is 0 Å². The number of nitrogens with two attached hydrogens (primary N) is 12. The molecule has 0 aromatic rings. The smallest absolute Gasteiger partial charge is 0.243 e. The molecule has 107 heavy (non-hydrogen) atoms. The van der Waals surface area contributed by atoms with Gasteiger partial charge >= 0.3 is 0 Å². The molecule has 0 spiro atoms. The van der Waals surface area contributed by atoms with Crippen LogP contribution in [0.2, 0.25) is 0 Å². The Labute approximate surface area is 628 Å². The SMILES string of the molecule is CC[C@H](C)[C@H](NC(=O)[C@H](CCCN=C(N)N)NC(=O)[C@@H](NC(=O)[C@H](C)NC(=O)[C@@H](NC(=O)[C@@H](NC(=O)[C@H](CC(C)C)NC(=O)[C@H](CCCN=C(N)N)NC(=O)[C@@H](N)C(C)C)[C@@H](C)CC)C(C)C)C(C)C)C(=O)N[C@@H](CCCCN=C(N)N)C(=O)N[C@@H](CCCN=C(N)N)C(=O)N[C@@H](CCCN=C(N)N)C(N)=O. The van der Waals surface area contributed by atoms with Gasteiger partial charge in [0.1, 0.15) is 66.5 Å². The maximum Gasteiger partial charge on any atom is 0.243 e. The molecule has 0 saturated heterocycles. The molecule has 610 valence electrons. The van der Waals surface area contributed by atoms with Crippen molar-refractivity contribution in [2.24, 2.45) is 129 Å². The molecule has 40 nitrogen and oxygen atoms in total. The first-order chi connectivity index (χ1) is 50.0. The van der Waals surface area contributed by atoms with Crippen molar-refractivity contribution in [2.75, 3.05) is 32.7 Å². The van der Waals surface area contributed by atoms with Gasteiger partial charge in [0.15, 0.2) is 29.8 Å². The number of hydrogen-bond donors (Lipinski definition) is 23. The van der Waals surface area contributed by atoms with Gasteiger partial charge in [0, 0.05) is 32.7 Å². The van der Waals surface area contributed by atoms with Crippen molar-refractivity contribution in [3.8, 4) is 0 Å². The zero-order chi connectivity index (χ0) is 82.0. The first-order valence-electron chi connectivity index (χ1n) is 36.7. The highest BCUT2D eigenvalue weighted by Crippen LogP contribution is 2.17. The number of nitrogens with zero attached hydrogens (tertiary/aromatic N) is 5. The summed E-state index contributed by atoms with van der Waals surface area (Å²) in [6.45, 7) is 22.4. The van der Waals surface area contributed by atoms with Crippen LogP contribution in [0.1, 0.15) is 180 Å². The van der Waals surface area contributed by atoms with Crippen LogP contribution in [0.15, 0.2) is 25.0 Å². The Balaban J connectivity index is 7.09. The zero-order valence-corrected chi connectivity index (χ0v) is 64.9. The summed E-state index contributed by atoms with van der Waals surface area (Å²) < 4.78 is 0. The van der Waals surface area contributed by atoms with E-state index >= 15 is 0 Å². The van der Waals surface area contributed by atoms with E-state index < -0.39 is 167 Å². The second kappa shape index (κ2) is 51.2. The topological polar surface area (TPSA) is 711 Å². The number of aliphatic imine (C=N–C) groups is 5. The van der Waals surface area contributed by atoms with E-state index in [-0.39, 0.29) is 145 Å². The predicted molar refractivity (Wildman–Crippen MR) is 411 cm³/mol. The van der Waals surface area contributed by atoms with Crippen LogP contribution in [0, 0.1) is 35.5 Å². The summed E-state index contributed by atoms with van der Waals surface area (Å²) in [7, 11) is 0. The van der Waals surface area contributed by atoms with Gasteiger partial charge in [-0.3, -0.25) is 82.5 Å². The molecule has 0 aromatic carbocycles. The fraction of sp³-hybridized carbons (Fsp3) is 0.746. The molecule has 0 aliphatic carbocycles. The third kappa shape index (κ3) is 39.8. The molecule has 0 unspecified atom stereocenters. The normalized spacial score (nSPS) is 15.1. The van der Waals surface area contributed by atoms with Crippen LogP contribution < -0.4 is 127 Å². The van der Waals surface area contributed by atoms with Crippen molar-refractivity contribution in [3.63, 3.8) is 0 Å². The van der Waals surface area contributed by atoms with Crippen molar-refractivity contribution in [2.45, 2.75) is 252 Å². The van der Waals surface area contributed by atoms with Gasteiger partial charge in [-0.2, -0.15) is 0 Å². The lowest BCUT2D eigenvalue weighted by molar-refractivity contribution is -0.137. The summed E-state index contributed by atoms with van der Waals surface area (Å²) in [5.41, 5.74) is 67.0. The quantitative estimate of drug-likeness (QED) is 0.0153. The molecule has 0 rings (SSSR count). The van der Waals surface area contributed by atoms with Gasteiger partial charge in [-0.25, -0.2) is 0 Å². The van der Waals surface area contributed by atoms with Crippen LogP contribution in [0.25, 0.3) is 0 Å². The summed E-state index contributed by atoms with van der Waals surface area (Å²) in [6, 6.07) is -15.3. The Bertz CT molecular complexity index is 3020. The Morgan fingerprint density at radius 1 is 0.280 bits per heavy atom. The molecule has 0 aliphatic heterocycles. The summed E-state index contributed by atoms with van der Waals surface area (Å²) in [6.07, 6.45) is 2.02. The van der Waals surface area contributed by atoms with Crippen molar-refractivity contribution >= 4 is 101 Å². The Morgan fingerprint density at radius 3 is 0.879 bits per heavy atom. The molecule has 0 bridgehead atoms. The number of unbranched alkanes of at least 4 members (excludes halogenated alkanes) is 1. The van der Waals surface area contributed by atoms with Crippen LogP contribution in [0.4, 0.5) is 0 Å². The zero-order valence-electron chi connectivity index (χ0n) is 64.9. The standard InChI is InChI=1S/C67H130N28O12/c1-14-37(11)49(61(106)90-41(22-16-17-27-80-63(70)71)54(99)87-42(24-19-29-82-65(74)75)53(98)86-40(51(69)96)23-18-28-81-64(72)73)94-56(101)44(26-21-31-84-67(78)79)89-60(105)48(36(9)10)92-52(97)39(13)85-59(104)47(35(7)8)93-62(107)50(38(12)15-2)95-57(102)45(32-33(3)4)91-55(100)43(25-20-30-83-66(76)77)88-58(103)46(68)34(5)6/h33-50H,14-32,68H2,1-13H3,(H2,69,96)(H,85,104)(H,86,98)(H,87,99)(H,88,103)(H,89,105)(H,90,106)(H,91,100)(H,92,97)(H,93,107)(H,94,101)(H,95,102)(H4,70,71,80)(H4,72,73,81)(H4,74,75,82)(H4,76,77,83)(H4,78,79,84)/t37-,38-,39-,40-,41-,42-,43-,44-,45-,46-,47-,48-,49-,50-/m0/s1. The predicted octanol–water partition coefficient (Wildman–Crippen LogP) is -6.08. The van der Waals surface area contributed by atoms with Gasteiger partial charge in [0.2, 0.25) is 70.9 Å². The van der Waals surface area contributed by atoms with Crippen LogP contribution in [-0.2, 0) is 57.5 Å². The highest BCUT2D eigenvalue weighted by atomic mass is 16.2. The molecule has 40 heteroatoms. The van der Waals surface area contributed by atoms with Crippen molar-refractivity contribution in [1.29, 1.82) is 0 Å². The Kier molecular flexibility index (Phi) is 46.4. The number of amides is 12. The minimum Gasteiger partial charge on any atom is -0.370 e. The molecule has 0 heterocycles. The second-order valence-corrected chi connectivity index (χ2v) is 28.2. The minimum atomic E-state index is -1.42. The molecule has 0 aromatic heterocycles. The number of carbonyl (C=O) groups excluding carboxylic acids is 12. The van der Waals surface area contributed by atoms with E-state index in [1.54, 1.807) is 69.2 Å². The van der Waals surface area contributed by atoms with E-state index in [1.165, 1.54) is 6.92 Å². The first kappa shape index (κ1) is 97.0. The van der Waals surface area contributed by atoms with E-state index in [9.17, 15) is 57.5 Å². The lowest BCUT2D eigenvalue weighted by Gasteiger charge is -2.31. The maximum atomic E-state index is 14.7. The number of rotatable bonds is 53. The third-order valence-corrected chi connectivity index (χ3v) is 17.4. The van der Waals surface area contributed by atoms with Crippen molar-refractivity contribution < 1.29 is 57.5 Å². The van der Waals surface area contributed by atoms with E-state index in [2.05, 4.69) is 83.4 Å². The van der Waals surface area contributed by atoms with E-state index in [0.29, 0.717) is 19.3 Å². The van der Waals surface area contributed by atoms with E-state index in [0.717, 1.165) is 0 Å². The monoisotopic (exact) mass is 1520 g/mol. The van der Waals surface area contributed by atoms with Crippen molar-refractivity contribution in [3.05, 3.63) is 0 Å². The number of carbonyl (C=O) groups is 12. The fourth-order valence-corrected chi connectivity index (χ4v) is 10.5. The number of primary amides is 1. The molecule has 12 amide bonds. The van der Waals surface area contributed by atoms with Crippen LogP contribution in [0.3, 0.4) is 0 Å². The van der Waals surface area contributed by atoms with Crippen LogP contribution in [-0.4, -0.2) is 206 Å². The van der Waals surface area contributed by atoms with Gasteiger partial charge in [-0.1, -0.05) is 95.9 Å². The Morgan fingerprint density at radius 2 is 0.542 bits per heavy atom. The highest BCUT2D eigenvalue weighted by Gasteiger charge is 2.39. The number of hydrogen-bond acceptors (Lipinski definition) is 18. The molecular weight excluding hydrogens is 1390 g/mol. The minimum absolute atomic E-state index is 0.00165. The summed E-state index contributed by atoms with van der Waals surface area (Å²) in [4.78, 5) is 189. The lowest BCUT2D eigenvalue weighted by atomic mass is 9.95. The second-order valence-electron chi connectivity index (χ2n) is 28.2. The first-order valence-corrected chi connectivity index (χ1v) is 36.7. The molecule has 0 aliphatic rings. The average molecular weight is 1520 g/mol. The van der Waals surface area contributed by atoms with E-state index in [4.69, 9.17) is 68.8 Å². The number of guanidine groups is 5. The fourth-order valence-electron chi connectivity index (χ4n) is 10.5. The van der Waals surface area contributed by atoms with Gasteiger partial charge < -0.3 is 127 Å². The molecule has 35 N–H and O–H groups in total. The molecule has 0 saturated carbocycles. The van der Waals surface area contributed by atoms with Crippen molar-refractivity contribution in [1.82, 2.24) is 58.5 Å². The van der Waals surface area contributed by atoms with E-state index in [1.807, 2.05) is 13.8 Å².